The summed E-state index contributed by atoms with van der Waals surface area (Å²) in [6.07, 6.45) is 1.70. The molecule has 0 saturated heterocycles. The average Bonchev–Trinajstić information content (AvgIpc) is 3.28. The topological polar surface area (TPSA) is 76.5 Å². The lowest BCUT2D eigenvalue weighted by Gasteiger charge is -2.06. The van der Waals surface area contributed by atoms with Gasteiger partial charge in [-0.1, -0.05) is 42.5 Å². The van der Waals surface area contributed by atoms with Gasteiger partial charge in [0.2, 0.25) is 0 Å². The normalized spacial score (nSPS) is 14.1. The van der Waals surface area contributed by atoms with Gasteiger partial charge in [-0.05, 0) is 43.0 Å². The molecule has 0 atom stereocenters. The number of para-hydroxylation sites is 1. The highest BCUT2D eigenvalue weighted by Gasteiger charge is 2.24. The maximum Gasteiger partial charge on any atom is 0.311 e. The van der Waals surface area contributed by atoms with Crippen molar-refractivity contribution in [2.24, 2.45) is 4.99 Å². The van der Waals surface area contributed by atoms with Gasteiger partial charge in [0.1, 0.15) is 0 Å². The molecule has 0 radical (unpaired) electrons. The summed E-state index contributed by atoms with van der Waals surface area (Å²) < 4.78 is 6.26. The van der Waals surface area contributed by atoms with E-state index in [4.69, 9.17) is 9.73 Å². The third-order valence-electron chi connectivity index (χ3n) is 5.30. The van der Waals surface area contributed by atoms with Crippen molar-refractivity contribution in [1.29, 1.82) is 0 Å². The predicted molar refractivity (Wildman–Crippen MR) is 112 cm³/mol. The van der Waals surface area contributed by atoms with E-state index in [2.05, 4.69) is 17.2 Å². The second kappa shape index (κ2) is 7.91. The zero-order valence-corrected chi connectivity index (χ0v) is 16.5. The number of aliphatic imine (C=N–C) groups is 1. The minimum atomic E-state index is -0.409. The Kier molecular flexibility index (Phi) is 5.16. The summed E-state index contributed by atoms with van der Waals surface area (Å²) in [4.78, 5) is 30.0. The van der Waals surface area contributed by atoms with E-state index >= 15 is 0 Å². The van der Waals surface area contributed by atoms with Crippen LogP contribution in [-0.4, -0.2) is 34.6 Å². The molecule has 0 saturated carbocycles. The van der Waals surface area contributed by atoms with E-state index in [-0.39, 0.29) is 18.0 Å². The molecule has 6 heteroatoms. The maximum absolute atomic E-state index is 13.2. The van der Waals surface area contributed by atoms with Crippen molar-refractivity contribution in [2.45, 2.75) is 32.2 Å². The van der Waals surface area contributed by atoms with E-state index in [1.165, 1.54) is 22.9 Å². The molecule has 3 aromatic rings. The molecule has 1 N–H and O–H groups in total. The fraction of sp³-hybridized carbons (Fsp3) is 0.261. The zero-order valence-electron chi connectivity index (χ0n) is 16.5. The van der Waals surface area contributed by atoms with Crippen molar-refractivity contribution in [3.63, 3.8) is 0 Å². The number of benzene rings is 2. The maximum atomic E-state index is 13.2. The molecule has 29 heavy (non-hydrogen) atoms. The number of hydrogen-bond donors (Lipinski definition) is 1. The molecule has 0 aliphatic heterocycles. The fourth-order valence-corrected chi connectivity index (χ4v) is 3.92. The second-order valence-corrected chi connectivity index (χ2v) is 7.24. The van der Waals surface area contributed by atoms with Crippen LogP contribution < -0.4 is 5.56 Å². The van der Waals surface area contributed by atoms with Gasteiger partial charge >= 0.3 is 5.97 Å². The van der Waals surface area contributed by atoms with Crippen molar-refractivity contribution >= 4 is 11.7 Å². The van der Waals surface area contributed by atoms with Gasteiger partial charge in [0, 0.05) is 5.71 Å². The number of nitrogens with zero attached hydrogens (tertiary/aromatic N) is 2. The molecule has 0 fully saturated rings. The van der Waals surface area contributed by atoms with Gasteiger partial charge in [-0.15, -0.1) is 0 Å². The van der Waals surface area contributed by atoms with Crippen LogP contribution in [0.5, 0.6) is 0 Å². The SMILES string of the molecule is COC(=O)Cc1[nH]n(-c2ccccc2)c(=O)c1C(C)=NC1Cc2ccccc2C1. The summed E-state index contributed by atoms with van der Waals surface area (Å²) in [5, 5.41) is 3.08. The van der Waals surface area contributed by atoms with Crippen LogP contribution in [0, 0.1) is 0 Å². The largest absolute Gasteiger partial charge is 0.469 e. The monoisotopic (exact) mass is 389 g/mol. The van der Waals surface area contributed by atoms with E-state index in [1.807, 2.05) is 49.4 Å². The summed E-state index contributed by atoms with van der Waals surface area (Å²) in [6.45, 7) is 1.84. The molecule has 1 aromatic heterocycles. The van der Waals surface area contributed by atoms with Gasteiger partial charge in [0.15, 0.2) is 0 Å². The number of hydrogen-bond acceptors (Lipinski definition) is 4. The number of carbonyl (C=O) groups is 1. The van der Waals surface area contributed by atoms with Crippen molar-refractivity contribution in [3.05, 3.63) is 87.3 Å². The Hall–Kier alpha value is -3.41. The summed E-state index contributed by atoms with van der Waals surface area (Å²) in [5.41, 5.74) is 4.69. The van der Waals surface area contributed by atoms with Crippen LogP contribution in [0.3, 0.4) is 0 Å². The molecule has 0 spiro atoms. The molecule has 4 rings (SSSR count). The summed E-state index contributed by atoms with van der Waals surface area (Å²) in [6, 6.07) is 17.7. The van der Waals surface area contributed by atoms with Crippen molar-refractivity contribution in [1.82, 2.24) is 9.78 Å². The minimum absolute atomic E-state index is 0.0152. The van der Waals surface area contributed by atoms with Gasteiger partial charge < -0.3 is 4.74 Å². The standard InChI is InChI=1S/C23H23N3O3/c1-15(24-18-12-16-8-6-7-9-17(16)13-18)22-20(14-21(27)29-2)25-26(23(22)28)19-10-4-3-5-11-19/h3-11,18,25H,12-14H2,1-2H3. The number of methoxy groups -OCH3 is 1. The number of carbonyl (C=O) groups excluding carboxylic acids is 1. The van der Waals surface area contributed by atoms with Crippen LogP contribution in [0.2, 0.25) is 0 Å². The van der Waals surface area contributed by atoms with Gasteiger partial charge in [-0.2, -0.15) is 0 Å². The average molecular weight is 389 g/mol. The van der Waals surface area contributed by atoms with Crippen molar-refractivity contribution < 1.29 is 9.53 Å². The quantitative estimate of drug-likeness (QED) is 0.538. The highest BCUT2D eigenvalue weighted by atomic mass is 16.5. The van der Waals surface area contributed by atoms with Crippen LogP contribution >= 0.6 is 0 Å². The molecule has 0 bridgehead atoms. The molecule has 1 heterocycles. The van der Waals surface area contributed by atoms with Crippen molar-refractivity contribution in [2.75, 3.05) is 7.11 Å². The Morgan fingerprint density at radius 1 is 1.10 bits per heavy atom. The molecule has 1 aliphatic carbocycles. The Balaban J connectivity index is 1.72. The molecular formula is C23H23N3O3. The third kappa shape index (κ3) is 3.78. The first-order chi connectivity index (χ1) is 14.1. The lowest BCUT2D eigenvalue weighted by molar-refractivity contribution is -0.139. The van der Waals surface area contributed by atoms with Crippen LogP contribution in [0.1, 0.15) is 29.3 Å². The Bertz CT molecular complexity index is 1100. The van der Waals surface area contributed by atoms with Crippen LogP contribution in [0.4, 0.5) is 0 Å². The van der Waals surface area contributed by atoms with Gasteiger partial charge in [0.25, 0.3) is 5.56 Å². The lowest BCUT2D eigenvalue weighted by atomic mass is 10.1. The number of aromatic amines is 1. The number of fused-ring (bicyclic) bond motifs is 1. The van der Waals surface area contributed by atoms with Gasteiger partial charge in [-0.3, -0.25) is 19.7 Å². The minimum Gasteiger partial charge on any atom is -0.469 e. The smallest absolute Gasteiger partial charge is 0.311 e. The summed E-state index contributed by atoms with van der Waals surface area (Å²) in [7, 11) is 1.34. The molecule has 2 aromatic carbocycles. The van der Waals surface area contributed by atoms with E-state index in [0.29, 0.717) is 22.7 Å². The molecule has 1 aliphatic rings. The number of ether oxygens (including phenoxy) is 1. The van der Waals surface area contributed by atoms with Crippen LogP contribution in [-0.2, 0) is 28.8 Å². The van der Waals surface area contributed by atoms with E-state index < -0.39 is 5.97 Å². The first kappa shape index (κ1) is 18.9. The number of nitrogens with one attached hydrogen (secondary N) is 1. The molecule has 148 valence electrons. The fourth-order valence-electron chi connectivity index (χ4n) is 3.92. The van der Waals surface area contributed by atoms with Crippen LogP contribution in [0.25, 0.3) is 5.69 Å². The first-order valence-corrected chi connectivity index (χ1v) is 9.64. The number of rotatable bonds is 5. The Morgan fingerprint density at radius 2 is 1.72 bits per heavy atom. The van der Waals surface area contributed by atoms with E-state index in [0.717, 1.165) is 12.8 Å². The number of H-pyrrole nitrogens is 1. The number of esters is 1. The summed E-state index contributed by atoms with van der Waals surface area (Å²) in [5.74, 6) is -0.409. The van der Waals surface area contributed by atoms with Crippen molar-refractivity contribution in [3.8, 4) is 5.69 Å². The molecule has 6 nitrogen and oxygen atoms in total. The Labute approximate surface area is 168 Å². The predicted octanol–water partition coefficient (Wildman–Crippen LogP) is 2.86. The first-order valence-electron chi connectivity index (χ1n) is 9.64. The van der Waals surface area contributed by atoms with Gasteiger partial charge in [0.05, 0.1) is 36.5 Å². The molecule has 0 amide bonds. The van der Waals surface area contributed by atoms with Gasteiger partial charge in [-0.25, -0.2) is 4.68 Å². The molecule has 0 unspecified atom stereocenters. The third-order valence-corrected chi connectivity index (χ3v) is 5.30. The van der Waals surface area contributed by atoms with E-state index in [1.54, 1.807) is 0 Å². The summed E-state index contributed by atoms with van der Waals surface area (Å²) >= 11 is 0. The second-order valence-electron chi connectivity index (χ2n) is 7.24. The number of aromatic nitrogens is 2. The van der Waals surface area contributed by atoms with E-state index in [9.17, 15) is 9.59 Å². The van der Waals surface area contributed by atoms with Crippen LogP contribution in [0.15, 0.2) is 64.4 Å². The Morgan fingerprint density at radius 3 is 2.34 bits per heavy atom. The zero-order chi connectivity index (χ0) is 20.4. The highest BCUT2D eigenvalue weighted by Crippen LogP contribution is 2.24. The molecular weight excluding hydrogens is 366 g/mol. The highest BCUT2D eigenvalue weighted by molar-refractivity contribution is 6.00. The lowest BCUT2D eigenvalue weighted by Crippen LogP contribution is -2.21.